The van der Waals surface area contributed by atoms with Crippen LogP contribution in [-0.4, -0.2) is 25.7 Å². The van der Waals surface area contributed by atoms with Crippen LogP contribution in [0, 0.1) is 5.92 Å². The molecule has 0 aromatic heterocycles. The molecular formula is C15H27NO2. The first-order valence-electron chi connectivity index (χ1n) is 7.21. The van der Waals surface area contributed by atoms with Crippen LogP contribution in [-0.2, 0) is 9.53 Å². The van der Waals surface area contributed by atoms with Gasteiger partial charge in [-0.2, -0.15) is 0 Å². The van der Waals surface area contributed by atoms with Gasteiger partial charge in [0.05, 0.1) is 7.11 Å². The molecule has 0 atom stereocenters. The monoisotopic (exact) mass is 253 g/mol. The summed E-state index contributed by atoms with van der Waals surface area (Å²) in [5, 5.41) is 3.53. The number of methoxy groups -OCH3 is 1. The Balaban J connectivity index is 2.28. The molecule has 3 nitrogen and oxygen atoms in total. The van der Waals surface area contributed by atoms with Gasteiger partial charge < -0.3 is 10.1 Å². The van der Waals surface area contributed by atoms with Crippen molar-refractivity contribution in [1.29, 1.82) is 0 Å². The maximum absolute atomic E-state index is 11.4. The summed E-state index contributed by atoms with van der Waals surface area (Å²) < 4.78 is 4.74. The van der Waals surface area contributed by atoms with E-state index in [9.17, 15) is 4.79 Å². The molecule has 0 aliphatic heterocycles. The molecule has 0 unspecified atom stereocenters. The smallest absolute Gasteiger partial charge is 0.333 e. The molecule has 0 spiro atoms. The molecule has 1 rings (SSSR count). The highest BCUT2D eigenvalue weighted by atomic mass is 16.5. The number of ether oxygens (including phenoxy) is 1. The van der Waals surface area contributed by atoms with E-state index < -0.39 is 0 Å². The van der Waals surface area contributed by atoms with E-state index in [0.29, 0.717) is 6.04 Å². The molecule has 0 aromatic rings. The summed E-state index contributed by atoms with van der Waals surface area (Å²) in [4.78, 5) is 11.4. The number of esters is 1. The maximum Gasteiger partial charge on any atom is 0.333 e. The van der Waals surface area contributed by atoms with Gasteiger partial charge in [0.2, 0.25) is 0 Å². The first-order valence-corrected chi connectivity index (χ1v) is 7.21. The molecule has 18 heavy (non-hydrogen) atoms. The molecule has 1 aliphatic carbocycles. The third kappa shape index (κ3) is 4.81. The Kier molecular flexibility index (Phi) is 7.02. The van der Waals surface area contributed by atoms with Crippen LogP contribution in [0.4, 0.5) is 0 Å². The Morgan fingerprint density at radius 2 is 1.94 bits per heavy atom. The lowest BCUT2D eigenvalue weighted by Gasteiger charge is -2.28. The SMILES string of the molecule is CC/C(=C/CNC1CCC(CC)CC1)C(=O)OC. The number of carbonyl (C=O) groups excluding carboxylic acids is 1. The summed E-state index contributed by atoms with van der Waals surface area (Å²) in [6.07, 6.45) is 9.24. The lowest BCUT2D eigenvalue weighted by atomic mass is 9.84. The lowest BCUT2D eigenvalue weighted by Crippen LogP contribution is -2.33. The van der Waals surface area contributed by atoms with Crippen molar-refractivity contribution in [3.8, 4) is 0 Å². The zero-order valence-corrected chi connectivity index (χ0v) is 12.0. The van der Waals surface area contributed by atoms with Gasteiger partial charge in [0.25, 0.3) is 0 Å². The molecule has 1 saturated carbocycles. The zero-order valence-electron chi connectivity index (χ0n) is 12.0. The third-order valence-corrected chi connectivity index (χ3v) is 4.01. The second-order valence-corrected chi connectivity index (χ2v) is 5.11. The molecule has 0 amide bonds. The summed E-state index contributed by atoms with van der Waals surface area (Å²) in [6, 6.07) is 0.625. The molecule has 0 bridgehead atoms. The van der Waals surface area contributed by atoms with Gasteiger partial charge in [-0.05, 0) is 38.0 Å². The summed E-state index contributed by atoms with van der Waals surface area (Å²) in [7, 11) is 1.44. The quantitative estimate of drug-likeness (QED) is 0.584. The minimum absolute atomic E-state index is 0.200. The van der Waals surface area contributed by atoms with E-state index in [4.69, 9.17) is 4.74 Å². The fourth-order valence-corrected chi connectivity index (χ4v) is 2.63. The Hall–Kier alpha value is -0.830. The van der Waals surface area contributed by atoms with Crippen molar-refractivity contribution in [3.05, 3.63) is 11.6 Å². The van der Waals surface area contributed by atoms with Gasteiger partial charge in [-0.1, -0.05) is 26.3 Å². The molecule has 104 valence electrons. The van der Waals surface area contributed by atoms with E-state index in [1.54, 1.807) is 0 Å². The Labute approximate surface area is 111 Å². The Morgan fingerprint density at radius 1 is 1.28 bits per heavy atom. The van der Waals surface area contributed by atoms with Crippen LogP contribution in [0.1, 0.15) is 52.4 Å². The second-order valence-electron chi connectivity index (χ2n) is 5.11. The van der Waals surface area contributed by atoms with Crippen LogP contribution >= 0.6 is 0 Å². The van der Waals surface area contributed by atoms with Crippen molar-refractivity contribution < 1.29 is 9.53 Å². The van der Waals surface area contributed by atoms with E-state index in [1.165, 1.54) is 39.2 Å². The van der Waals surface area contributed by atoms with Crippen LogP contribution < -0.4 is 5.32 Å². The minimum atomic E-state index is -0.200. The highest BCUT2D eigenvalue weighted by Gasteiger charge is 2.19. The summed E-state index contributed by atoms with van der Waals surface area (Å²) in [6.45, 7) is 5.04. The van der Waals surface area contributed by atoms with Gasteiger partial charge in [0, 0.05) is 18.2 Å². The predicted molar refractivity (Wildman–Crippen MR) is 74.4 cm³/mol. The molecular weight excluding hydrogens is 226 g/mol. The number of nitrogens with one attached hydrogen (secondary N) is 1. The first-order chi connectivity index (χ1) is 8.71. The van der Waals surface area contributed by atoms with Crippen LogP contribution in [0.5, 0.6) is 0 Å². The van der Waals surface area contributed by atoms with Crippen LogP contribution in [0.15, 0.2) is 11.6 Å². The summed E-state index contributed by atoms with van der Waals surface area (Å²) in [5.74, 6) is 0.730. The van der Waals surface area contributed by atoms with Crippen LogP contribution in [0.25, 0.3) is 0 Å². The van der Waals surface area contributed by atoms with Gasteiger partial charge in [-0.3, -0.25) is 0 Å². The van der Waals surface area contributed by atoms with Gasteiger partial charge in [-0.15, -0.1) is 0 Å². The average molecular weight is 253 g/mol. The molecule has 1 aliphatic rings. The minimum Gasteiger partial charge on any atom is -0.466 e. The third-order valence-electron chi connectivity index (χ3n) is 4.01. The van der Waals surface area contributed by atoms with Crippen molar-refractivity contribution in [2.45, 2.75) is 58.4 Å². The second kappa shape index (κ2) is 8.30. The molecule has 3 heteroatoms. The van der Waals surface area contributed by atoms with Crippen LogP contribution in [0.2, 0.25) is 0 Å². The predicted octanol–water partition coefficient (Wildman–Crippen LogP) is 3.05. The van der Waals surface area contributed by atoms with E-state index in [-0.39, 0.29) is 5.97 Å². The average Bonchev–Trinajstić information content (AvgIpc) is 2.43. The van der Waals surface area contributed by atoms with Gasteiger partial charge >= 0.3 is 5.97 Å². The molecule has 1 fully saturated rings. The number of hydrogen-bond donors (Lipinski definition) is 1. The summed E-state index contributed by atoms with van der Waals surface area (Å²) >= 11 is 0. The fourth-order valence-electron chi connectivity index (χ4n) is 2.63. The normalized spacial score (nSPS) is 24.9. The van der Waals surface area contributed by atoms with Crippen molar-refractivity contribution in [1.82, 2.24) is 5.32 Å². The topological polar surface area (TPSA) is 38.3 Å². The van der Waals surface area contributed by atoms with Crippen molar-refractivity contribution in [3.63, 3.8) is 0 Å². The van der Waals surface area contributed by atoms with E-state index in [0.717, 1.165) is 24.5 Å². The highest BCUT2D eigenvalue weighted by Crippen LogP contribution is 2.26. The zero-order chi connectivity index (χ0) is 13.4. The van der Waals surface area contributed by atoms with E-state index in [2.05, 4.69) is 12.2 Å². The van der Waals surface area contributed by atoms with Crippen molar-refractivity contribution >= 4 is 5.97 Å². The van der Waals surface area contributed by atoms with E-state index >= 15 is 0 Å². The van der Waals surface area contributed by atoms with Crippen LogP contribution in [0.3, 0.4) is 0 Å². The molecule has 1 N–H and O–H groups in total. The summed E-state index contributed by atoms with van der Waals surface area (Å²) in [5.41, 5.74) is 0.771. The molecule has 0 heterocycles. The fraction of sp³-hybridized carbons (Fsp3) is 0.800. The Bertz CT molecular complexity index is 278. The van der Waals surface area contributed by atoms with E-state index in [1.807, 2.05) is 13.0 Å². The van der Waals surface area contributed by atoms with Gasteiger partial charge in [0.1, 0.15) is 0 Å². The molecule has 0 radical (unpaired) electrons. The molecule has 0 saturated heterocycles. The number of hydrogen-bond acceptors (Lipinski definition) is 3. The van der Waals surface area contributed by atoms with Crippen molar-refractivity contribution in [2.75, 3.05) is 13.7 Å². The van der Waals surface area contributed by atoms with Gasteiger partial charge in [-0.25, -0.2) is 4.79 Å². The number of carbonyl (C=O) groups is 1. The Morgan fingerprint density at radius 3 is 2.44 bits per heavy atom. The lowest BCUT2D eigenvalue weighted by molar-refractivity contribution is -0.136. The first kappa shape index (κ1) is 15.2. The molecule has 0 aromatic carbocycles. The number of rotatable bonds is 6. The maximum atomic E-state index is 11.4. The van der Waals surface area contributed by atoms with Crippen molar-refractivity contribution in [2.24, 2.45) is 5.92 Å². The van der Waals surface area contributed by atoms with Gasteiger partial charge in [0.15, 0.2) is 0 Å². The standard InChI is InChI=1S/C15H27NO2/c1-4-12-6-8-14(9-7-12)16-11-10-13(5-2)15(17)18-3/h10,12,14,16H,4-9,11H2,1-3H3/b13-10-. The highest BCUT2D eigenvalue weighted by molar-refractivity contribution is 5.88. The largest absolute Gasteiger partial charge is 0.466 e.